The van der Waals surface area contributed by atoms with Crippen LogP contribution in [0.1, 0.15) is 0 Å². The maximum Gasteiger partial charge on any atom is 0.246 e. The van der Waals surface area contributed by atoms with Crippen LogP contribution in [0.3, 0.4) is 0 Å². The number of aromatic nitrogens is 3. The third-order valence-corrected chi connectivity index (χ3v) is 5.38. The molecular formula is C12H16N6O2S. The fraction of sp³-hybridized carbons (Fsp3) is 0.333. The van der Waals surface area contributed by atoms with Crippen molar-refractivity contribution in [2.24, 2.45) is 0 Å². The van der Waals surface area contributed by atoms with Gasteiger partial charge in [0.25, 0.3) is 0 Å². The summed E-state index contributed by atoms with van der Waals surface area (Å²) in [7, 11) is -3.47. The van der Waals surface area contributed by atoms with Crippen molar-refractivity contribution in [2.75, 3.05) is 36.8 Å². The number of nitrogen functional groups attached to an aromatic ring is 1. The molecule has 0 saturated carbocycles. The minimum Gasteiger partial charge on any atom is -0.396 e. The normalized spacial score (nSPS) is 17.0. The first-order valence-corrected chi connectivity index (χ1v) is 7.96. The van der Waals surface area contributed by atoms with E-state index in [2.05, 4.69) is 20.1 Å². The number of anilines is 2. The molecule has 1 fully saturated rings. The largest absolute Gasteiger partial charge is 0.396 e. The molecule has 0 atom stereocenters. The van der Waals surface area contributed by atoms with Gasteiger partial charge >= 0.3 is 0 Å². The smallest absolute Gasteiger partial charge is 0.246 e. The standard InChI is InChI=1S/C12H16N6O2S/c13-11-9-14-2-1-12(11)17-3-5-18(6-4-17)21(19,20)10-7-15-16-8-10/h1-2,7-9H,3-6,13H2,(H,15,16). The molecule has 1 aliphatic heterocycles. The van der Waals surface area contributed by atoms with Gasteiger partial charge in [-0.1, -0.05) is 0 Å². The van der Waals surface area contributed by atoms with E-state index in [1.54, 1.807) is 12.4 Å². The van der Waals surface area contributed by atoms with Gasteiger partial charge in [-0.2, -0.15) is 9.40 Å². The van der Waals surface area contributed by atoms with E-state index in [0.717, 1.165) is 5.69 Å². The molecule has 3 heterocycles. The van der Waals surface area contributed by atoms with Gasteiger partial charge in [0.1, 0.15) is 4.90 Å². The quantitative estimate of drug-likeness (QED) is 0.819. The molecule has 0 unspecified atom stereocenters. The molecule has 0 spiro atoms. The first-order valence-electron chi connectivity index (χ1n) is 6.52. The maximum atomic E-state index is 12.4. The van der Waals surface area contributed by atoms with Crippen LogP contribution in [0.2, 0.25) is 0 Å². The number of nitrogens with two attached hydrogens (primary N) is 1. The molecule has 1 saturated heterocycles. The number of aromatic amines is 1. The lowest BCUT2D eigenvalue weighted by Gasteiger charge is -2.35. The van der Waals surface area contributed by atoms with E-state index in [1.165, 1.54) is 16.7 Å². The van der Waals surface area contributed by atoms with Crippen molar-refractivity contribution in [1.29, 1.82) is 0 Å². The average Bonchev–Trinajstić information content (AvgIpc) is 3.03. The van der Waals surface area contributed by atoms with Crippen LogP contribution in [0.4, 0.5) is 11.4 Å². The maximum absolute atomic E-state index is 12.4. The molecule has 0 radical (unpaired) electrons. The highest BCUT2D eigenvalue weighted by atomic mass is 32.2. The SMILES string of the molecule is Nc1cnccc1N1CCN(S(=O)(=O)c2cn[nH]c2)CC1. The van der Waals surface area contributed by atoms with Crippen molar-refractivity contribution in [3.63, 3.8) is 0 Å². The number of pyridine rings is 1. The van der Waals surface area contributed by atoms with Gasteiger partial charge in [-0.3, -0.25) is 10.1 Å². The molecule has 0 aromatic carbocycles. The van der Waals surface area contributed by atoms with E-state index in [-0.39, 0.29) is 4.90 Å². The summed E-state index contributed by atoms with van der Waals surface area (Å²) in [6.45, 7) is 2.00. The Labute approximate surface area is 122 Å². The third kappa shape index (κ3) is 2.57. The van der Waals surface area contributed by atoms with Gasteiger partial charge < -0.3 is 10.6 Å². The lowest BCUT2D eigenvalue weighted by atomic mass is 10.2. The van der Waals surface area contributed by atoms with Crippen LogP contribution in [0.15, 0.2) is 35.7 Å². The summed E-state index contributed by atoms with van der Waals surface area (Å²) >= 11 is 0. The van der Waals surface area contributed by atoms with E-state index in [4.69, 9.17) is 5.73 Å². The summed E-state index contributed by atoms with van der Waals surface area (Å²) in [5.41, 5.74) is 7.40. The zero-order valence-corrected chi connectivity index (χ0v) is 12.1. The molecule has 3 rings (SSSR count). The average molecular weight is 308 g/mol. The van der Waals surface area contributed by atoms with Crippen LogP contribution < -0.4 is 10.6 Å². The number of hydrogen-bond donors (Lipinski definition) is 2. The predicted molar refractivity (Wildman–Crippen MR) is 78.2 cm³/mol. The van der Waals surface area contributed by atoms with Gasteiger partial charge in [0.2, 0.25) is 10.0 Å². The third-order valence-electron chi connectivity index (χ3n) is 3.52. The number of nitrogens with zero attached hydrogens (tertiary/aromatic N) is 4. The lowest BCUT2D eigenvalue weighted by Crippen LogP contribution is -2.48. The van der Waals surface area contributed by atoms with Crippen molar-refractivity contribution >= 4 is 21.4 Å². The number of rotatable bonds is 3. The van der Waals surface area contributed by atoms with Crippen molar-refractivity contribution < 1.29 is 8.42 Å². The Hall–Kier alpha value is -2.13. The highest BCUT2D eigenvalue weighted by molar-refractivity contribution is 7.89. The van der Waals surface area contributed by atoms with E-state index in [9.17, 15) is 8.42 Å². The van der Waals surface area contributed by atoms with Crippen LogP contribution in [-0.2, 0) is 10.0 Å². The van der Waals surface area contributed by atoms with Crippen LogP contribution in [0.5, 0.6) is 0 Å². The van der Waals surface area contributed by atoms with Crippen molar-refractivity contribution in [3.05, 3.63) is 30.9 Å². The van der Waals surface area contributed by atoms with Gasteiger partial charge in [-0.05, 0) is 6.07 Å². The minimum absolute atomic E-state index is 0.194. The van der Waals surface area contributed by atoms with Crippen molar-refractivity contribution in [2.45, 2.75) is 4.90 Å². The summed E-state index contributed by atoms with van der Waals surface area (Å²) < 4.78 is 26.2. The molecule has 3 N–H and O–H groups in total. The molecule has 8 nitrogen and oxygen atoms in total. The summed E-state index contributed by atoms with van der Waals surface area (Å²) in [6.07, 6.45) is 6.00. The van der Waals surface area contributed by atoms with Crippen LogP contribution in [0, 0.1) is 0 Å². The number of piperazine rings is 1. The zero-order chi connectivity index (χ0) is 14.9. The van der Waals surface area contributed by atoms with Gasteiger partial charge in [0, 0.05) is 38.6 Å². The summed E-state index contributed by atoms with van der Waals surface area (Å²) in [6, 6.07) is 1.84. The Morgan fingerprint density at radius 1 is 1.19 bits per heavy atom. The summed E-state index contributed by atoms with van der Waals surface area (Å²) in [5.74, 6) is 0. The second-order valence-electron chi connectivity index (χ2n) is 4.76. The molecule has 2 aromatic rings. The predicted octanol–water partition coefficient (Wildman–Crippen LogP) is -0.102. The minimum atomic E-state index is -3.47. The fourth-order valence-corrected chi connectivity index (χ4v) is 3.72. The summed E-state index contributed by atoms with van der Waals surface area (Å²) in [5, 5.41) is 6.22. The Morgan fingerprint density at radius 3 is 2.57 bits per heavy atom. The molecule has 21 heavy (non-hydrogen) atoms. The molecule has 1 aliphatic rings. The second-order valence-corrected chi connectivity index (χ2v) is 6.70. The number of H-pyrrole nitrogens is 1. The molecular weight excluding hydrogens is 292 g/mol. The van der Waals surface area contributed by atoms with E-state index < -0.39 is 10.0 Å². The number of sulfonamides is 1. The second kappa shape index (κ2) is 5.34. The molecule has 112 valence electrons. The Morgan fingerprint density at radius 2 is 1.95 bits per heavy atom. The van der Waals surface area contributed by atoms with E-state index in [0.29, 0.717) is 31.9 Å². The van der Waals surface area contributed by atoms with Crippen molar-refractivity contribution in [1.82, 2.24) is 19.5 Å². The van der Waals surface area contributed by atoms with Crippen LogP contribution in [0.25, 0.3) is 0 Å². The first kappa shape index (κ1) is 13.8. The number of nitrogens with one attached hydrogen (secondary N) is 1. The fourth-order valence-electron chi connectivity index (χ4n) is 2.39. The molecule has 2 aromatic heterocycles. The van der Waals surface area contributed by atoms with E-state index >= 15 is 0 Å². The van der Waals surface area contributed by atoms with Gasteiger partial charge in [-0.15, -0.1) is 0 Å². The zero-order valence-electron chi connectivity index (χ0n) is 11.3. The molecule has 0 amide bonds. The van der Waals surface area contributed by atoms with Gasteiger partial charge in [0.15, 0.2) is 0 Å². The Balaban J connectivity index is 1.73. The van der Waals surface area contributed by atoms with Gasteiger partial charge in [-0.25, -0.2) is 8.42 Å². The topological polar surface area (TPSA) is 108 Å². The monoisotopic (exact) mass is 308 g/mol. The van der Waals surface area contributed by atoms with Crippen molar-refractivity contribution in [3.8, 4) is 0 Å². The molecule has 0 bridgehead atoms. The Kier molecular flexibility index (Phi) is 3.52. The van der Waals surface area contributed by atoms with Crippen LogP contribution >= 0.6 is 0 Å². The summed E-state index contributed by atoms with van der Waals surface area (Å²) in [4.78, 5) is 6.22. The molecule has 0 aliphatic carbocycles. The van der Waals surface area contributed by atoms with E-state index in [1.807, 2.05) is 6.07 Å². The first-order chi connectivity index (χ1) is 10.1. The lowest BCUT2D eigenvalue weighted by molar-refractivity contribution is 0.385. The van der Waals surface area contributed by atoms with Gasteiger partial charge in [0.05, 0.1) is 23.8 Å². The number of hydrogen-bond acceptors (Lipinski definition) is 6. The molecule has 9 heteroatoms. The van der Waals surface area contributed by atoms with Crippen LogP contribution in [-0.4, -0.2) is 54.1 Å². The highest BCUT2D eigenvalue weighted by Crippen LogP contribution is 2.24. The highest BCUT2D eigenvalue weighted by Gasteiger charge is 2.29. The Bertz CT molecular complexity index is 707.